The Hall–Kier alpha value is -3.08. The molecular weight excluding hydrogens is 302 g/mol. The maximum Gasteiger partial charge on any atom is 0.269 e. The van der Waals surface area contributed by atoms with Crippen molar-refractivity contribution >= 4 is 5.91 Å². The third kappa shape index (κ3) is 3.46. The van der Waals surface area contributed by atoms with Gasteiger partial charge >= 0.3 is 0 Å². The Morgan fingerprint density at radius 3 is 2.67 bits per heavy atom. The van der Waals surface area contributed by atoms with E-state index in [1.54, 1.807) is 13.2 Å². The summed E-state index contributed by atoms with van der Waals surface area (Å²) in [5, 5.41) is 9.98. The van der Waals surface area contributed by atoms with E-state index in [1.165, 1.54) is 0 Å². The van der Waals surface area contributed by atoms with Crippen LogP contribution in [-0.2, 0) is 0 Å². The van der Waals surface area contributed by atoms with E-state index >= 15 is 0 Å². The first-order valence-corrected chi connectivity index (χ1v) is 7.73. The molecule has 1 aromatic heterocycles. The summed E-state index contributed by atoms with van der Waals surface area (Å²) in [4.78, 5) is 12.4. The summed E-state index contributed by atoms with van der Waals surface area (Å²) in [5.74, 6) is 0.562. The number of hydrogen-bond acceptors (Lipinski definition) is 3. The smallest absolute Gasteiger partial charge is 0.269 e. The van der Waals surface area contributed by atoms with Crippen molar-refractivity contribution in [1.29, 1.82) is 0 Å². The second kappa shape index (κ2) is 7.00. The van der Waals surface area contributed by atoms with E-state index in [2.05, 4.69) is 15.5 Å². The number of aromatic nitrogens is 2. The summed E-state index contributed by atoms with van der Waals surface area (Å²) in [6, 6.07) is 19.0. The van der Waals surface area contributed by atoms with Crippen LogP contribution in [0.15, 0.2) is 60.7 Å². The minimum atomic E-state index is -0.187. The highest BCUT2D eigenvalue weighted by Crippen LogP contribution is 2.22. The highest BCUT2D eigenvalue weighted by Gasteiger charge is 2.14. The molecule has 2 aromatic carbocycles. The number of H-pyrrole nitrogens is 1. The fourth-order valence-corrected chi connectivity index (χ4v) is 2.47. The fraction of sp³-hybridized carbons (Fsp3) is 0.158. The summed E-state index contributed by atoms with van der Waals surface area (Å²) in [5.41, 5.74) is 3.07. The summed E-state index contributed by atoms with van der Waals surface area (Å²) in [6.07, 6.45) is 0. The number of amides is 1. The summed E-state index contributed by atoms with van der Waals surface area (Å²) >= 11 is 0. The SMILES string of the molecule is COc1cccc(-c2cc(C(=O)N[C@H](C)c3ccccc3)[nH]n2)c1. The molecule has 1 heterocycles. The van der Waals surface area contributed by atoms with Crippen LogP contribution in [0, 0.1) is 0 Å². The number of benzene rings is 2. The zero-order chi connectivity index (χ0) is 16.9. The molecule has 3 aromatic rings. The van der Waals surface area contributed by atoms with Crippen LogP contribution in [0.1, 0.15) is 29.0 Å². The van der Waals surface area contributed by atoms with Crippen molar-refractivity contribution in [2.24, 2.45) is 0 Å². The third-order valence-electron chi connectivity index (χ3n) is 3.84. The zero-order valence-electron chi connectivity index (χ0n) is 13.6. The molecule has 2 N–H and O–H groups in total. The Morgan fingerprint density at radius 2 is 1.92 bits per heavy atom. The molecule has 3 rings (SSSR count). The molecule has 1 amide bonds. The predicted octanol–water partition coefficient (Wildman–Crippen LogP) is 3.58. The van der Waals surface area contributed by atoms with E-state index in [9.17, 15) is 4.79 Å². The van der Waals surface area contributed by atoms with Crippen LogP contribution < -0.4 is 10.1 Å². The van der Waals surface area contributed by atoms with Gasteiger partial charge in [-0.1, -0.05) is 42.5 Å². The highest BCUT2D eigenvalue weighted by atomic mass is 16.5. The van der Waals surface area contributed by atoms with Crippen LogP contribution in [0.4, 0.5) is 0 Å². The molecular formula is C19H19N3O2. The Morgan fingerprint density at radius 1 is 1.12 bits per heavy atom. The number of hydrogen-bond donors (Lipinski definition) is 2. The van der Waals surface area contributed by atoms with Gasteiger partial charge in [0.25, 0.3) is 5.91 Å². The van der Waals surface area contributed by atoms with Crippen LogP contribution in [0.2, 0.25) is 0 Å². The quantitative estimate of drug-likeness (QED) is 0.755. The molecule has 0 saturated heterocycles. The van der Waals surface area contributed by atoms with Gasteiger partial charge in [0.15, 0.2) is 0 Å². The Labute approximate surface area is 140 Å². The van der Waals surface area contributed by atoms with Gasteiger partial charge in [0.1, 0.15) is 11.4 Å². The standard InChI is InChI=1S/C19H19N3O2/c1-13(14-7-4-3-5-8-14)20-19(23)18-12-17(21-22-18)15-9-6-10-16(11-15)24-2/h3-13H,1-2H3,(H,20,23)(H,21,22)/t13-/m1/s1. The predicted molar refractivity (Wildman–Crippen MR) is 92.9 cm³/mol. The second-order valence-corrected chi connectivity index (χ2v) is 5.50. The van der Waals surface area contributed by atoms with E-state index < -0.39 is 0 Å². The molecule has 0 unspecified atom stereocenters. The first-order valence-electron chi connectivity index (χ1n) is 7.73. The molecule has 0 saturated carbocycles. The van der Waals surface area contributed by atoms with Gasteiger partial charge in [-0.15, -0.1) is 0 Å². The van der Waals surface area contributed by atoms with E-state index in [-0.39, 0.29) is 11.9 Å². The number of methoxy groups -OCH3 is 1. The number of carbonyl (C=O) groups is 1. The van der Waals surface area contributed by atoms with Gasteiger partial charge in [0, 0.05) is 5.56 Å². The Balaban J connectivity index is 1.74. The van der Waals surface area contributed by atoms with Crippen molar-refractivity contribution in [2.45, 2.75) is 13.0 Å². The van der Waals surface area contributed by atoms with Crippen LogP contribution >= 0.6 is 0 Å². The van der Waals surface area contributed by atoms with Crippen LogP contribution in [-0.4, -0.2) is 23.2 Å². The highest BCUT2D eigenvalue weighted by molar-refractivity contribution is 5.93. The molecule has 0 radical (unpaired) electrons. The van der Waals surface area contributed by atoms with Crippen molar-refractivity contribution < 1.29 is 9.53 Å². The second-order valence-electron chi connectivity index (χ2n) is 5.50. The summed E-state index contributed by atoms with van der Waals surface area (Å²) in [6.45, 7) is 1.95. The van der Waals surface area contributed by atoms with E-state index in [0.717, 1.165) is 16.9 Å². The lowest BCUT2D eigenvalue weighted by Crippen LogP contribution is -2.26. The first-order chi connectivity index (χ1) is 11.7. The normalized spacial score (nSPS) is 11.8. The minimum absolute atomic E-state index is 0.0812. The van der Waals surface area contributed by atoms with Gasteiger partial charge < -0.3 is 10.1 Å². The lowest BCUT2D eigenvalue weighted by atomic mass is 10.1. The van der Waals surface area contributed by atoms with Gasteiger partial charge in [0.2, 0.25) is 0 Å². The Bertz CT molecular complexity index is 827. The zero-order valence-corrected chi connectivity index (χ0v) is 13.6. The van der Waals surface area contributed by atoms with E-state index in [1.807, 2.05) is 61.5 Å². The van der Waals surface area contributed by atoms with Gasteiger partial charge in [-0.05, 0) is 30.7 Å². The van der Waals surface area contributed by atoms with Crippen LogP contribution in [0.25, 0.3) is 11.3 Å². The third-order valence-corrected chi connectivity index (χ3v) is 3.84. The average Bonchev–Trinajstić information content (AvgIpc) is 3.13. The average molecular weight is 321 g/mol. The lowest BCUT2D eigenvalue weighted by molar-refractivity contribution is 0.0935. The molecule has 122 valence electrons. The molecule has 5 heteroatoms. The molecule has 0 bridgehead atoms. The first kappa shape index (κ1) is 15.8. The number of nitrogens with one attached hydrogen (secondary N) is 2. The molecule has 0 aliphatic heterocycles. The number of ether oxygens (including phenoxy) is 1. The largest absolute Gasteiger partial charge is 0.497 e. The molecule has 5 nitrogen and oxygen atoms in total. The van der Waals surface area contributed by atoms with Gasteiger partial charge in [-0.25, -0.2) is 0 Å². The number of aromatic amines is 1. The van der Waals surface area contributed by atoms with Crippen molar-refractivity contribution in [3.8, 4) is 17.0 Å². The number of carbonyl (C=O) groups excluding carboxylic acids is 1. The van der Waals surface area contributed by atoms with Crippen molar-refractivity contribution in [2.75, 3.05) is 7.11 Å². The molecule has 0 spiro atoms. The van der Waals surface area contributed by atoms with Gasteiger partial charge in [-0.3, -0.25) is 9.89 Å². The number of rotatable bonds is 5. The van der Waals surface area contributed by atoms with Crippen molar-refractivity contribution in [3.63, 3.8) is 0 Å². The topological polar surface area (TPSA) is 67.0 Å². The van der Waals surface area contributed by atoms with Crippen molar-refractivity contribution in [3.05, 3.63) is 71.9 Å². The summed E-state index contributed by atoms with van der Waals surface area (Å²) in [7, 11) is 1.62. The Kier molecular flexibility index (Phi) is 4.61. The molecule has 0 aliphatic rings. The summed E-state index contributed by atoms with van der Waals surface area (Å²) < 4.78 is 5.21. The number of nitrogens with zero attached hydrogens (tertiary/aromatic N) is 1. The lowest BCUT2D eigenvalue weighted by Gasteiger charge is -2.13. The maximum atomic E-state index is 12.4. The minimum Gasteiger partial charge on any atom is -0.497 e. The van der Waals surface area contributed by atoms with Gasteiger partial charge in [0.05, 0.1) is 18.8 Å². The molecule has 24 heavy (non-hydrogen) atoms. The van der Waals surface area contributed by atoms with Gasteiger partial charge in [-0.2, -0.15) is 5.10 Å². The fourth-order valence-electron chi connectivity index (χ4n) is 2.47. The van der Waals surface area contributed by atoms with Crippen LogP contribution in [0.3, 0.4) is 0 Å². The van der Waals surface area contributed by atoms with Crippen LogP contribution in [0.5, 0.6) is 5.75 Å². The molecule has 1 atom stereocenters. The monoisotopic (exact) mass is 321 g/mol. The van der Waals surface area contributed by atoms with Crippen molar-refractivity contribution in [1.82, 2.24) is 15.5 Å². The molecule has 0 aliphatic carbocycles. The van der Waals surface area contributed by atoms with E-state index in [4.69, 9.17) is 4.74 Å². The molecule has 0 fully saturated rings. The maximum absolute atomic E-state index is 12.4. The van der Waals surface area contributed by atoms with E-state index in [0.29, 0.717) is 11.4 Å².